The van der Waals surface area contributed by atoms with Crippen LogP contribution in [0, 0.1) is 11.6 Å². The Balaban J connectivity index is 1.06. The number of hydrogen-bond acceptors (Lipinski definition) is 10. The first kappa shape index (κ1) is 64.6. The van der Waals surface area contributed by atoms with E-state index in [-0.39, 0.29) is 52.9 Å². The Labute approximate surface area is 556 Å². The number of rotatable bonds is 28. The first-order valence-corrected chi connectivity index (χ1v) is 32.1. The molecular weight excluding hydrogens is 1210 g/mol. The molecule has 13 rings (SSSR count). The van der Waals surface area contributed by atoms with Crippen molar-refractivity contribution in [3.63, 3.8) is 0 Å². The van der Waals surface area contributed by atoms with Crippen LogP contribution in [0.25, 0.3) is 68.6 Å². The zero-order chi connectivity index (χ0) is 65.4. The van der Waals surface area contributed by atoms with E-state index in [1.54, 1.807) is 24.3 Å². The summed E-state index contributed by atoms with van der Waals surface area (Å²) in [4.78, 5) is 18.7. The molecule has 0 unspecified atom stereocenters. The van der Waals surface area contributed by atoms with Gasteiger partial charge in [0.2, 0.25) is 0 Å². The number of benzene rings is 8. The molecule has 3 aromatic heterocycles. The lowest BCUT2D eigenvalue weighted by molar-refractivity contribution is -0.149. The largest absolute Gasteiger partial charge is 0.388 e. The van der Waals surface area contributed by atoms with E-state index in [2.05, 4.69) is 9.97 Å². The molecule has 11 aromatic rings. The van der Waals surface area contributed by atoms with Crippen LogP contribution in [0.1, 0.15) is 79.5 Å². The van der Waals surface area contributed by atoms with E-state index in [1.165, 1.54) is 24.3 Å². The fourth-order valence-corrected chi connectivity index (χ4v) is 12.2. The Kier molecular flexibility index (Phi) is 21.1. The van der Waals surface area contributed by atoms with E-state index >= 15 is 8.78 Å². The van der Waals surface area contributed by atoms with Crippen LogP contribution in [0.3, 0.4) is 0 Å². The number of ether oxygens (including phenoxy) is 6. The SMILES string of the molecule is O[C@H](COCc1ccccc1)[C@@H](OCc1ccccc1)[C@H](OCc1ccccc1)c1c2nc(c(-c3ccc(F)cc3)c3ccc([nH]3)c([C@@H](OCc3ccccc3)[C@H](OCc3ccccc3)[C@H](O)COCc3ccccc3)c3nc(c(-c4ccc(F)cc4)c4ccc1[nH]4)C=C3)C=C2. The zero-order valence-corrected chi connectivity index (χ0v) is 52.7. The summed E-state index contributed by atoms with van der Waals surface area (Å²) in [6, 6.07) is 79.0. The highest BCUT2D eigenvalue weighted by molar-refractivity contribution is 5.94. The van der Waals surface area contributed by atoms with E-state index < -0.39 is 48.3 Å². The van der Waals surface area contributed by atoms with Crippen molar-refractivity contribution < 1.29 is 47.4 Å². The van der Waals surface area contributed by atoms with Crippen LogP contribution < -0.4 is 0 Å². The van der Waals surface area contributed by atoms with Crippen molar-refractivity contribution in [3.8, 4) is 22.3 Å². The molecule has 4 N–H and O–H groups in total. The molecule has 96 heavy (non-hydrogen) atoms. The fraction of sp³-hybridized carbons (Fsp3) is 0.171. The standard InChI is InChI=1S/C82H72F2N4O8/c83-63-35-31-61(32-36-63)75-65-39-43-69(85-65)77(81(95-51-59-27-15-5-16-28-59)79(93-49-57-23-11-3-12-24-57)73(89)53-91-47-55-19-7-1-8-20-55)70-44-40-66(86-70)76(62-33-37-64(84)38-34-62)68-42-46-72(88-68)78(71-45-41-67(75)87-71)82(96-52-60-29-17-6-18-30-60)80(94-50-58-25-13-4-14-26-58)74(90)54-92-48-56-21-9-2-10-22-56/h1-46,73-74,79-82,85,88-90H,47-54H2/t73-,74-,79-,80-,81-,82-/m1/s1. The minimum absolute atomic E-state index is 0.106. The van der Waals surface area contributed by atoms with Crippen molar-refractivity contribution in [2.75, 3.05) is 13.2 Å². The number of halogens is 2. The first-order valence-electron chi connectivity index (χ1n) is 32.1. The molecule has 2 aliphatic heterocycles. The summed E-state index contributed by atoms with van der Waals surface area (Å²) in [5.41, 5.74) is 13.3. The molecule has 12 nitrogen and oxygen atoms in total. The van der Waals surface area contributed by atoms with Crippen molar-refractivity contribution in [1.82, 2.24) is 19.9 Å². The lowest BCUT2D eigenvalue weighted by atomic mass is 9.98. The number of H-pyrrole nitrogens is 2. The quantitative estimate of drug-likeness (QED) is 0.0373. The third-order valence-corrected chi connectivity index (χ3v) is 16.9. The molecular formula is C82H72F2N4O8. The molecule has 5 heterocycles. The van der Waals surface area contributed by atoms with E-state index in [9.17, 15) is 10.2 Å². The van der Waals surface area contributed by atoms with Gasteiger partial charge in [0.15, 0.2) is 0 Å². The van der Waals surface area contributed by atoms with Gasteiger partial charge < -0.3 is 48.6 Å². The zero-order valence-electron chi connectivity index (χ0n) is 52.7. The van der Waals surface area contributed by atoms with Gasteiger partial charge in [0.25, 0.3) is 0 Å². The highest BCUT2D eigenvalue weighted by Gasteiger charge is 2.38. The number of hydrogen-bond donors (Lipinski definition) is 4. The molecule has 0 aliphatic carbocycles. The number of nitrogens with zero attached hydrogens (tertiary/aromatic N) is 2. The molecule has 2 aliphatic rings. The third-order valence-electron chi connectivity index (χ3n) is 16.9. The summed E-state index contributed by atoms with van der Waals surface area (Å²) in [6.45, 7) is 0.666. The Hall–Kier alpha value is -10.1. The average Bonchev–Trinajstić information content (AvgIpc) is 1.65. The lowest BCUT2D eigenvalue weighted by Gasteiger charge is -2.32. The minimum atomic E-state index is -1.26. The second-order valence-electron chi connectivity index (χ2n) is 23.7. The van der Waals surface area contributed by atoms with Gasteiger partial charge in [0.1, 0.15) is 48.3 Å². The van der Waals surface area contributed by atoms with Gasteiger partial charge in [-0.25, -0.2) is 18.7 Å². The Morgan fingerprint density at radius 1 is 0.312 bits per heavy atom. The topological polar surface area (TPSA) is 153 Å². The molecule has 0 fully saturated rings. The van der Waals surface area contributed by atoms with Crippen LogP contribution in [-0.4, -0.2) is 67.8 Å². The maximum atomic E-state index is 15.2. The number of aliphatic hydroxyl groups is 2. The summed E-state index contributed by atoms with van der Waals surface area (Å²) < 4.78 is 71.5. The summed E-state index contributed by atoms with van der Waals surface area (Å²) >= 11 is 0. The van der Waals surface area contributed by atoms with E-state index in [1.807, 2.05) is 231 Å². The molecule has 8 aromatic carbocycles. The molecule has 0 saturated carbocycles. The summed E-state index contributed by atoms with van der Waals surface area (Å²) in [7, 11) is 0. The predicted molar refractivity (Wildman–Crippen MR) is 372 cm³/mol. The molecule has 6 atom stereocenters. The number of aromatic amines is 2. The van der Waals surface area contributed by atoms with Gasteiger partial charge in [-0.1, -0.05) is 206 Å². The maximum Gasteiger partial charge on any atom is 0.123 e. The van der Waals surface area contributed by atoms with Crippen molar-refractivity contribution in [2.45, 2.75) is 76.3 Å². The van der Waals surface area contributed by atoms with Crippen molar-refractivity contribution >= 4 is 46.4 Å². The van der Waals surface area contributed by atoms with Crippen LogP contribution in [0.15, 0.2) is 255 Å². The highest BCUT2D eigenvalue weighted by atomic mass is 19.1. The monoisotopic (exact) mass is 1280 g/mol. The van der Waals surface area contributed by atoms with Crippen molar-refractivity contribution in [2.24, 2.45) is 0 Å². The number of aromatic nitrogens is 4. The molecule has 0 amide bonds. The number of aliphatic hydroxyl groups excluding tert-OH is 2. The molecule has 8 bridgehead atoms. The van der Waals surface area contributed by atoms with Gasteiger partial charge in [-0.3, -0.25) is 0 Å². The van der Waals surface area contributed by atoms with Crippen LogP contribution in [0.2, 0.25) is 0 Å². The van der Waals surface area contributed by atoms with Crippen LogP contribution in [-0.2, 0) is 68.1 Å². The van der Waals surface area contributed by atoms with Gasteiger partial charge in [-0.15, -0.1) is 0 Å². The average molecular weight is 1280 g/mol. The molecule has 0 spiro atoms. The molecule has 14 heteroatoms. The van der Waals surface area contributed by atoms with Gasteiger partial charge in [0, 0.05) is 44.3 Å². The molecule has 482 valence electrons. The maximum absolute atomic E-state index is 15.2. The highest BCUT2D eigenvalue weighted by Crippen LogP contribution is 2.41. The van der Waals surface area contributed by atoms with Crippen molar-refractivity contribution in [3.05, 3.63) is 334 Å². The fourth-order valence-electron chi connectivity index (χ4n) is 12.2. The predicted octanol–water partition coefficient (Wildman–Crippen LogP) is 17.1. The van der Waals surface area contributed by atoms with Gasteiger partial charge in [-0.05, 0) is 117 Å². The van der Waals surface area contributed by atoms with Crippen LogP contribution >= 0.6 is 0 Å². The lowest BCUT2D eigenvalue weighted by Crippen LogP contribution is -2.39. The summed E-state index contributed by atoms with van der Waals surface area (Å²) in [5.74, 6) is -0.839. The Morgan fingerprint density at radius 2 is 0.594 bits per heavy atom. The van der Waals surface area contributed by atoms with Crippen LogP contribution in [0.4, 0.5) is 8.78 Å². The van der Waals surface area contributed by atoms with E-state index in [0.717, 1.165) is 33.4 Å². The molecule has 0 saturated heterocycles. The van der Waals surface area contributed by atoms with Crippen LogP contribution in [0.5, 0.6) is 0 Å². The third kappa shape index (κ3) is 16.0. The second kappa shape index (κ2) is 31.4. The smallest absolute Gasteiger partial charge is 0.123 e. The minimum Gasteiger partial charge on any atom is -0.388 e. The first-order chi connectivity index (χ1) is 47.2. The molecule has 0 radical (unpaired) electrons. The number of nitrogens with one attached hydrogen (secondary N) is 2. The summed E-state index contributed by atoms with van der Waals surface area (Å²) in [6.07, 6.45) is 0.814. The van der Waals surface area contributed by atoms with Gasteiger partial charge in [-0.2, -0.15) is 0 Å². The Bertz CT molecular complexity index is 4270. The van der Waals surface area contributed by atoms with E-state index in [4.69, 9.17) is 38.4 Å². The normalized spacial score (nSPS) is 13.9. The second-order valence-corrected chi connectivity index (χ2v) is 23.7. The van der Waals surface area contributed by atoms with Gasteiger partial charge >= 0.3 is 0 Å². The van der Waals surface area contributed by atoms with E-state index in [0.29, 0.717) is 78.2 Å². The summed E-state index contributed by atoms with van der Waals surface area (Å²) in [5, 5.41) is 25.5. The van der Waals surface area contributed by atoms with Crippen molar-refractivity contribution in [1.29, 1.82) is 0 Å². The van der Waals surface area contributed by atoms with Gasteiger partial charge in [0.05, 0.1) is 75.6 Å². The Morgan fingerprint density at radius 3 is 0.917 bits per heavy atom. The number of fused-ring (bicyclic) bond motifs is 8.